The highest BCUT2D eigenvalue weighted by Crippen LogP contribution is 2.39. The number of rotatable bonds is 6. The molecular formula is C26H34F3N3O3. The van der Waals surface area contributed by atoms with Crippen LogP contribution < -0.4 is 0 Å². The second-order valence-electron chi connectivity index (χ2n) is 11.0. The molecule has 192 valence electrons. The average molecular weight is 494 g/mol. The maximum absolute atomic E-state index is 13.2. The number of carbonyl (C=O) groups excluding carboxylic acids is 1. The minimum Gasteiger partial charge on any atom is -0.480 e. The van der Waals surface area contributed by atoms with Crippen LogP contribution in [-0.4, -0.2) is 43.2 Å². The van der Waals surface area contributed by atoms with E-state index in [1.807, 2.05) is 32.9 Å². The zero-order valence-corrected chi connectivity index (χ0v) is 20.9. The highest BCUT2D eigenvalue weighted by Gasteiger charge is 2.44. The molecule has 1 aromatic carbocycles. The Labute approximate surface area is 203 Å². The van der Waals surface area contributed by atoms with Gasteiger partial charge >= 0.3 is 12.1 Å². The molecule has 0 bridgehead atoms. The van der Waals surface area contributed by atoms with Gasteiger partial charge in [0.25, 0.3) is 0 Å². The van der Waals surface area contributed by atoms with Gasteiger partial charge in [0, 0.05) is 12.0 Å². The molecule has 0 saturated heterocycles. The van der Waals surface area contributed by atoms with E-state index in [0.29, 0.717) is 23.6 Å². The highest BCUT2D eigenvalue weighted by atomic mass is 19.4. The number of carboxylic acids is 1. The Kier molecular flexibility index (Phi) is 7.39. The molecule has 1 fully saturated rings. The van der Waals surface area contributed by atoms with E-state index in [4.69, 9.17) is 0 Å². The molecular weight excluding hydrogens is 459 g/mol. The van der Waals surface area contributed by atoms with Gasteiger partial charge in [-0.2, -0.15) is 18.3 Å². The van der Waals surface area contributed by atoms with Crippen LogP contribution >= 0.6 is 0 Å². The number of nitrogens with one attached hydrogen (secondary N) is 1. The molecule has 1 amide bonds. The van der Waals surface area contributed by atoms with Gasteiger partial charge < -0.3 is 10.0 Å². The number of nitrogens with zero attached hydrogens (tertiary/aromatic N) is 2. The van der Waals surface area contributed by atoms with Crippen molar-refractivity contribution in [3.05, 3.63) is 41.6 Å². The number of aromatic amines is 1. The van der Waals surface area contributed by atoms with Crippen molar-refractivity contribution in [1.29, 1.82) is 0 Å². The minimum atomic E-state index is -4.48. The largest absolute Gasteiger partial charge is 0.480 e. The van der Waals surface area contributed by atoms with Crippen LogP contribution in [0.3, 0.4) is 0 Å². The molecule has 2 aromatic rings. The SMILES string of the molecule is CC(C)(C)N(C(=O)CC1CCC(c2ccc(-c3cc(C(F)(F)F)n[nH]3)cc2)CC1)C(C)(C)C(=O)O. The predicted octanol–water partition coefficient (Wildman–Crippen LogP) is 6.25. The first kappa shape index (κ1) is 26.8. The fraction of sp³-hybridized carbons (Fsp3) is 0.577. The molecule has 0 atom stereocenters. The molecule has 9 heteroatoms. The van der Waals surface area contributed by atoms with Crippen LogP contribution in [0, 0.1) is 5.92 Å². The third-order valence-electron chi connectivity index (χ3n) is 6.87. The van der Waals surface area contributed by atoms with Gasteiger partial charge in [0.1, 0.15) is 5.54 Å². The van der Waals surface area contributed by atoms with Crippen LogP contribution in [0.5, 0.6) is 0 Å². The summed E-state index contributed by atoms with van der Waals surface area (Å²) in [5.74, 6) is -0.663. The Morgan fingerprint density at radius 1 is 1.03 bits per heavy atom. The van der Waals surface area contributed by atoms with Crippen LogP contribution in [-0.2, 0) is 15.8 Å². The number of H-pyrrole nitrogens is 1. The van der Waals surface area contributed by atoms with Gasteiger partial charge in [-0.3, -0.25) is 9.89 Å². The van der Waals surface area contributed by atoms with Crippen LogP contribution in [0.25, 0.3) is 11.3 Å². The summed E-state index contributed by atoms with van der Waals surface area (Å²) in [7, 11) is 0. The van der Waals surface area contributed by atoms with Gasteiger partial charge in [-0.1, -0.05) is 24.3 Å². The van der Waals surface area contributed by atoms with Gasteiger partial charge in [-0.05, 0) is 89.3 Å². The summed E-state index contributed by atoms with van der Waals surface area (Å²) >= 11 is 0. The van der Waals surface area contributed by atoms with Crippen LogP contribution in [0.15, 0.2) is 30.3 Å². The van der Waals surface area contributed by atoms with Gasteiger partial charge in [0.2, 0.25) is 5.91 Å². The van der Waals surface area contributed by atoms with E-state index in [-0.39, 0.29) is 11.8 Å². The van der Waals surface area contributed by atoms with E-state index < -0.39 is 28.9 Å². The number of halogens is 3. The molecule has 3 rings (SSSR count). The van der Waals surface area contributed by atoms with Crippen LogP contribution in [0.2, 0.25) is 0 Å². The Bertz CT molecular complexity index is 1040. The topological polar surface area (TPSA) is 86.3 Å². The lowest BCUT2D eigenvalue weighted by Gasteiger charge is -2.45. The van der Waals surface area contributed by atoms with E-state index >= 15 is 0 Å². The Hall–Kier alpha value is -2.84. The smallest absolute Gasteiger partial charge is 0.435 e. The standard InChI is InChI=1S/C26H34F3N3O3/c1-24(2,3)32(25(4,5)23(34)35)22(33)14-16-6-8-17(9-7-16)18-10-12-19(13-11-18)20-15-21(31-30-20)26(27,28)29/h10-13,15-17H,6-9,14H2,1-5H3,(H,30,31)(H,34,35). The first-order valence-corrected chi connectivity index (χ1v) is 11.9. The summed E-state index contributed by atoms with van der Waals surface area (Å²) in [5.41, 5.74) is -0.784. The van der Waals surface area contributed by atoms with E-state index in [2.05, 4.69) is 10.2 Å². The number of hydrogen-bond donors (Lipinski definition) is 2. The maximum atomic E-state index is 13.2. The second-order valence-corrected chi connectivity index (χ2v) is 11.0. The Morgan fingerprint density at radius 2 is 1.60 bits per heavy atom. The first-order valence-electron chi connectivity index (χ1n) is 11.9. The van der Waals surface area contributed by atoms with Crippen molar-refractivity contribution < 1.29 is 27.9 Å². The first-order chi connectivity index (χ1) is 16.1. The second kappa shape index (κ2) is 9.66. The number of amides is 1. The normalized spacial score (nSPS) is 19.4. The lowest BCUT2D eigenvalue weighted by molar-refractivity contribution is -0.163. The lowest BCUT2D eigenvalue weighted by Crippen LogP contribution is -2.60. The average Bonchev–Trinajstić information content (AvgIpc) is 3.24. The Balaban J connectivity index is 1.61. The van der Waals surface area contributed by atoms with Gasteiger partial charge in [-0.15, -0.1) is 0 Å². The molecule has 0 spiro atoms. The van der Waals surface area contributed by atoms with Crippen molar-refractivity contribution in [2.45, 2.75) is 89.9 Å². The van der Waals surface area contributed by atoms with Crippen molar-refractivity contribution in [1.82, 2.24) is 15.1 Å². The molecule has 1 aliphatic carbocycles. The third kappa shape index (κ3) is 6.05. The highest BCUT2D eigenvalue weighted by molar-refractivity contribution is 5.87. The fourth-order valence-corrected chi connectivity index (χ4v) is 5.21. The maximum Gasteiger partial charge on any atom is 0.435 e. The molecule has 0 aliphatic heterocycles. The van der Waals surface area contributed by atoms with E-state index in [0.717, 1.165) is 37.3 Å². The van der Waals surface area contributed by atoms with E-state index in [1.54, 1.807) is 26.0 Å². The molecule has 6 nitrogen and oxygen atoms in total. The summed E-state index contributed by atoms with van der Waals surface area (Å²) in [4.78, 5) is 26.5. The molecule has 1 aliphatic rings. The Morgan fingerprint density at radius 3 is 2.06 bits per heavy atom. The molecule has 35 heavy (non-hydrogen) atoms. The van der Waals surface area contributed by atoms with E-state index in [1.165, 1.54) is 4.90 Å². The summed E-state index contributed by atoms with van der Waals surface area (Å²) < 4.78 is 38.4. The minimum absolute atomic E-state index is 0.143. The van der Waals surface area contributed by atoms with Crippen molar-refractivity contribution in [3.63, 3.8) is 0 Å². The molecule has 1 saturated carbocycles. The van der Waals surface area contributed by atoms with Crippen molar-refractivity contribution in [3.8, 4) is 11.3 Å². The van der Waals surface area contributed by atoms with Gasteiger partial charge in [-0.25, -0.2) is 4.79 Å². The number of carbonyl (C=O) groups is 2. The molecule has 0 unspecified atom stereocenters. The molecule has 0 radical (unpaired) electrons. The summed E-state index contributed by atoms with van der Waals surface area (Å²) in [6.07, 6.45) is -0.643. The number of aromatic nitrogens is 2. The zero-order chi connectivity index (χ0) is 26.2. The van der Waals surface area contributed by atoms with Crippen LogP contribution in [0.1, 0.15) is 83.9 Å². The van der Waals surface area contributed by atoms with E-state index in [9.17, 15) is 27.9 Å². The number of benzene rings is 1. The number of aliphatic carboxylic acids is 1. The van der Waals surface area contributed by atoms with Gasteiger partial charge in [0.15, 0.2) is 5.69 Å². The monoisotopic (exact) mass is 493 g/mol. The van der Waals surface area contributed by atoms with Crippen molar-refractivity contribution in [2.75, 3.05) is 0 Å². The van der Waals surface area contributed by atoms with Gasteiger partial charge in [0.05, 0.1) is 5.69 Å². The lowest BCUT2D eigenvalue weighted by atomic mass is 9.77. The summed E-state index contributed by atoms with van der Waals surface area (Å²) in [6, 6.07) is 8.48. The quantitative estimate of drug-likeness (QED) is 0.498. The number of carboxylic acid groups (broad SMARTS) is 1. The third-order valence-corrected chi connectivity index (χ3v) is 6.87. The van der Waals surface area contributed by atoms with Crippen LogP contribution in [0.4, 0.5) is 13.2 Å². The molecule has 1 aromatic heterocycles. The van der Waals surface area contributed by atoms with Crippen molar-refractivity contribution in [2.24, 2.45) is 5.92 Å². The van der Waals surface area contributed by atoms with Crippen molar-refractivity contribution >= 4 is 11.9 Å². The number of hydrogen-bond acceptors (Lipinski definition) is 3. The number of alkyl halides is 3. The predicted molar refractivity (Wildman–Crippen MR) is 127 cm³/mol. The molecule has 1 heterocycles. The zero-order valence-electron chi connectivity index (χ0n) is 20.9. The summed E-state index contributed by atoms with van der Waals surface area (Å²) in [6.45, 7) is 8.68. The molecule has 2 N–H and O–H groups in total. The fourth-order valence-electron chi connectivity index (χ4n) is 5.21. The summed E-state index contributed by atoms with van der Waals surface area (Å²) in [5, 5.41) is 15.5.